The van der Waals surface area contributed by atoms with Crippen molar-refractivity contribution in [2.24, 2.45) is 11.8 Å². The summed E-state index contributed by atoms with van der Waals surface area (Å²) in [5.41, 5.74) is 0. The maximum absolute atomic E-state index is 10.6. The van der Waals surface area contributed by atoms with Gasteiger partial charge in [-0.15, -0.1) is 0 Å². The number of nitrogens with zero attached hydrogens (tertiary/aromatic N) is 1. The molecule has 1 saturated heterocycles. The highest BCUT2D eigenvalue weighted by Gasteiger charge is 2.19. The summed E-state index contributed by atoms with van der Waals surface area (Å²) >= 11 is 0. The molecule has 1 unspecified atom stereocenters. The van der Waals surface area contributed by atoms with Crippen molar-refractivity contribution in [3.63, 3.8) is 0 Å². The van der Waals surface area contributed by atoms with Crippen molar-refractivity contribution in [2.45, 2.75) is 39.5 Å². The summed E-state index contributed by atoms with van der Waals surface area (Å²) in [4.78, 5) is 13.1. The van der Waals surface area contributed by atoms with Gasteiger partial charge in [0.05, 0.1) is 0 Å². The minimum Gasteiger partial charge on any atom is -0.481 e. The molecular formula is C12H23NO2. The van der Waals surface area contributed by atoms with Crippen molar-refractivity contribution in [1.29, 1.82) is 0 Å². The van der Waals surface area contributed by atoms with E-state index in [0.29, 0.717) is 12.3 Å². The number of rotatable bonds is 5. The second kappa shape index (κ2) is 6.11. The number of hydrogen-bond acceptors (Lipinski definition) is 2. The molecule has 1 N–H and O–H groups in total. The third-order valence-electron chi connectivity index (χ3n) is 3.43. The Balaban J connectivity index is 2.28. The minimum atomic E-state index is -0.660. The Morgan fingerprint density at radius 2 is 2.07 bits per heavy atom. The fraction of sp³-hybridized carbons (Fsp3) is 0.917. The number of likely N-dealkylation sites (tertiary alicyclic amines) is 1. The van der Waals surface area contributed by atoms with Gasteiger partial charge in [0, 0.05) is 13.0 Å². The van der Waals surface area contributed by atoms with Gasteiger partial charge < -0.3 is 10.0 Å². The zero-order valence-corrected chi connectivity index (χ0v) is 9.91. The third-order valence-corrected chi connectivity index (χ3v) is 3.43. The van der Waals surface area contributed by atoms with Crippen molar-refractivity contribution >= 4 is 5.97 Å². The van der Waals surface area contributed by atoms with Gasteiger partial charge in [0.2, 0.25) is 0 Å². The molecule has 3 heteroatoms. The lowest BCUT2D eigenvalue weighted by molar-refractivity contribution is -0.138. The van der Waals surface area contributed by atoms with Crippen molar-refractivity contribution in [1.82, 2.24) is 4.90 Å². The number of aliphatic carboxylic acids is 1. The Hall–Kier alpha value is -0.570. The number of carboxylic acids is 1. The average Bonchev–Trinajstić information content (AvgIpc) is 2.19. The number of hydrogen-bond donors (Lipinski definition) is 1. The van der Waals surface area contributed by atoms with Gasteiger partial charge >= 0.3 is 5.97 Å². The molecule has 0 aliphatic carbocycles. The average molecular weight is 213 g/mol. The SMILES string of the molecule is CCC(CC(=O)O)CN1CCC(C)CC1. The van der Waals surface area contributed by atoms with Crippen molar-refractivity contribution < 1.29 is 9.90 Å². The van der Waals surface area contributed by atoms with Gasteiger partial charge in [-0.1, -0.05) is 20.3 Å². The van der Waals surface area contributed by atoms with E-state index in [1.165, 1.54) is 12.8 Å². The van der Waals surface area contributed by atoms with Crippen LogP contribution in [0.15, 0.2) is 0 Å². The molecule has 88 valence electrons. The summed E-state index contributed by atoms with van der Waals surface area (Å²) in [5.74, 6) is 0.518. The molecule has 1 fully saturated rings. The number of carboxylic acid groups (broad SMARTS) is 1. The molecule has 0 spiro atoms. The Kier molecular flexibility index (Phi) is 5.09. The first-order chi connectivity index (χ1) is 7.11. The van der Waals surface area contributed by atoms with E-state index in [-0.39, 0.29) is 0 Å². The maximum Gasteiger partial charge on any atom is 0.303 e. The first kappa shape index (κ1) is 12.5. The van der Waals surface area contributed by atoms with Crippen molar-refractivity contribution in [3.8, 4) is 0 Å². The van der Waals surface area contributed by atoms with Crippen LogP contribution in [-0.2, 0) is 4.79 Å². The van der Waals surface area contributed by atoms with Gasteiger partial charge in [0.15, 0.2) is 0 Å². The highest BCUT2D eigenvalue weighted by Crippen LogP contribution is 2.19. The van der Waals surface area contributed by atoms with Crippen molar-refractivity contribution in [2.75, 3.05) is 19.6 Å². The van der Waals surface area contributed by atoms with E-state index in [4.69, 9.17) is 5.11 Å². The van der Waals surface area contributed by atoms with Crippen LogP contribution in [0.1, 0.15) is 39.5 Å². The van der Waals surface area contributed by atoms with Crippen LogP contribution >= 0.6 is 0 Å². The van der Waals surface area contributed by atoms with Crippen molar-refractivity contribution in [3.05, 3.63) is 0 Å². The van der Waals surface area contributed by atoms with Crippen LogP contribution < -0.4 is 0 Å². The lowest BCUT2D eigenvalue weighted by Gasteiger charge is -2.32. The predicted molar refractivity (Wildman–Crippen MR) is 60.9 cm³/mol. The zero-order valence-electron chi connectivity index (χ0n) is 9.91. The van der Waals surface area contributed by atoms with E-state index in [1.54, 1.807) is 0 Å². The van der Waals surface area contributed by atoms with Crippen LogP contribution in [0.3, 0.4) is 0 Å². The molecular weight excluding hydrogens is 190 g/mol. The number of carbonyl (C=O) groups is 1. The fourth-order valence-electron chi connectivity index (χ4n) is 2.19. The Labute approximate surface area is 92.5 Å². The molecule has 0 aromatic heterocycles. The molecule has 15 heavy (non-hydrogen) atoms. The van der Waals surface area contributed by atoms with Gasteiger partial charge in [-0.2, -0.15) is 0 Å². The molecule has 3 nitrogen and oxygen atoms in total. The summed E-state index contributed by atoms with van der Waals surface area (Å²) in [6.45, 7) is 7.65. The standard InChI is InChI=1S/C12H23NO2/c1-3-11(8-12(14)15)9-13-6-4-10(2)5-7-13/h10-11H,3-9H2,1-2H3,(H,14,15). The Morgan fingerprint density at radius 3 is 2.53 bits per heavy atom. The van der Waals surface area contributed by atoms with Gasteiger partial charge in [-0.25, -0.2) is 0 Å². The lowest BCUT2D eigenvalue weighted by atomic mass is 9.96. The van der Waals surface area contributed by atoms with Crippen LogP contribution in [-0.4, -0.2) is 35.6 Å². The predicted octanol–water partition coefficient (Wildman–Crippen LogP) is 2.22. The minimum absolute atomic E-state index is 0.322. The summed E-state index contributed by atoms with van der Waals surface area (Å²) in [6.07, 6.45) is 3.83. The molecule has 1 atom stereocenters. The molecule has 0 amide bonds. The second-order valence-electron chi connectivity index (χ2n) is 4.86. The molecule has 0 aromatic rings. The zero-order chi connectivity index (χ0) is 11.3. The van der Waals surface area contributed by atoms with Crippen LogP contribution in [0, 0.1) is 11.8 Å². The molecule has 1 rings (SSSR count). The van der Waals surface area contributed by atoms with E-state index in [2.05, 4.69) is 18.7 Å². The van der Waals surface area contributed by atoms with E-state index in [1.807, 2.05) is 0 Å². The molecule has 1 heterocycles. The van der Waals surface area contributed by atoms with Gasteiger partial charge in [-0.3, -0.25) is 4.79 Å². The monoisotopic (exact) mass is 213 g/mol. The Morgan fingerprint density at radius 1 is 1.47 bits per heavy atom. The molecule has 0 aromatic carbocycles. The van der Waals surface area contributed by atoms with E-state index in [9.17, 15) is 4.79 Å². The smallest absolute Gasteiger partial charge is 0.303 e. The lowest BCUT2D eigenvalue weighted by Crippen LogP contribution is -2.36. The Bertz CT molecular complexity index is 198. The summed E-state index contributed by atoms with van der Waals surface area (Å²) in [7, 11) is 0. The molecule has 1 aliphatic heterocycles. The van der Waals surface area contributed by atoms with E-state index in [0.717, 1.165) is 32.0 Å². The van der Waals surface area contributed by atoms with Gasteiger partial charge in [0.25, 0.3) is 0 Å². The molecule has 0 radical (unpaired) electrons. The van der Waals surface area contributed by atoms with Gasteiger partial charge in [-0.05, 0) is 37.8 Å². The van der Waals surface area contributed by atoms with Gasteiger partial charge in [0.1, 0.15) is 0 Å². The largest absolute Gasteiger partial charge is 0.481 e. The molecule has 0 saturated carbocycles. The topological polar surface area (TPSA) is 40.5 Å². The second-order valence-corrected chi connectivity index (χ2v) is 4.86. The van der Waals surface area contributed by atoms with Crippen LogP contribution in [0.4, 0.5) is 0 Å². The first-order valence-corrected chi connectivity index (χ1v) is 6.06. The fourth-order valence-corrected chi connectivity index (χ4v) is 2.19. The summed E-state index contributed by atoms with van der Waals surface area (Å²) < 4.78 is 0. The van der Waals surface area contributed by atoms with Crippen LogP contribution in [0.25, 0.3) is 0 Å². The first-order valence-electron chi connectivity index (χ1n) is 6.06. The molecule has 0 bridgehead atoms. The summed E-state index contributed by atoms with van der Waals surface area (Å²) in [6, 6.07) is 0. The third kappa shape index (κ3) is 4.65. The maximum atomic E-state index is 10.6. The van der Waals surface area contributed by atoms with Crippen LogP contribution in [0.5, 0.6) is 0 Å². The quantitative estimate of drug-likeness (QED) is 0.761. The highest BCUT2D eigenvalue weighted by atomic mass is 16.4. The van der Waals surface area contributed by atoms with Crippen LogP contribution in [0.2, 0.25) is 0 Å². The number of piperidine rings is 1. The highest BCUT2D eigenvalue weighted by molar-refractivity contribution is 5.67. The molecule has 1 aliphatic rings. The normalized spacial score (nSPS) is 21.5. The van der Waals surface area contributed by atoms with E-state index < -0.39 is 5.97 Å². The summed E-state index contributed by atoms with van der Waals surface area (Å²) in [5, 5.41) is 8.77. The van der Waals surface area contributed by atoms with E-state index >= 15 is 0 Å².